The largest absolute Gasteiger partial charge is 0.373 e. The zero-order chi connectivity index (χ0) is 16.8. The summed E-state index contributed by atoms with van der Waals surface area (Å²) in [5, 5.41) is 6.19. The molecule has 2 unspecified atom stereocenters. The van der Waals surface area contributed by atoms with E-state index in [-0.39, 0.29) is 30.3 Å². The van der Waals surface area contributed by atoms with Gasteiger partial charge in [-0.25, -0.2) is 0 Å². The van der Waals surface area contributed by atoms with Crippen LogP contribution in [0.2, 0.25) is 0 Å². The molecule has 1 amide bonds. The first-order valence-electron chi connectivity index (χ1n) is 8.49. The van der Waals surface area contributed by atoms with E-state index in [1.54, 1.807) is 0 Å². The van der Waals surface area contributed by atoms with Crippen LogP contribution in [0.3, 0.4) is 0 Å². The Labute approximate surface area is 155 Å². The molecule has 1 heterocycles. The van der Waals surface area contributed by atoms with Gasteiger partial charge in [-0.3, -0.25) is 4.79 Å². The molecular formula is C20H25ClN2O2. The molecule has 2 atom stereocenters. The lowest BCUT2D eigenvalue weighted by Gasteiger charge is -2.31. The van der Waals surface area contributed by atoms with Gasteiger partial charge in [-0.05, 0) is 43.1 Å². The van der Waals surface area contributed by atoms with E-state index in [0.717, 1.165) is 36.2 Å². The normalized spacial score (nSPS) is 19.7. The van der Waals surface area contributed by atoms with Crippen molar-refractivity contribution in [2.24, 2.45) is 5.92 Å². The Morgan fingerprint density at radius 3 is 2.72 bits per heavy atom. The molecule has 0 saturated carbocycles. The highest BCUT2D eigenvalue weighted by atomic mass is 35.5. The number of halogens is 1. The van der Waals surface area contributed by atoms with E-state index in [4.69, 9.17) is 4.74 Å². The van der Waals surface area contributed by atoms with Crippen molar-refractivity contribution in [1.29, 1.82) is 0 Å². The van der Waals surface area contributed by atoms with Gasteiger partial charge in [-0.1, -0.05) is 42.5 Å². The van der Waals surface area contributed by atoms with Crippen molar-refractivity contribution in [3.8, 4) is 0 Å². The standard InChI is InChI=1S/C20H24N2O2.ClH/c1-21-14-15-7-5-10-17(13-15)22-20(23)18-11-6-12-24-19(18)16-8-3-2-4-9-16;/h2-5,7-10,13,18-19,21H,6,11-12,14H2,1H3,(H,22,23);1H. The van der Waals surface area contributed by atoms with Gasteiger partial charge in [0.2, 0.25) is 5.91 Å². The highest BCUT2D eigenvalue weighted by Gasteiger charge is 2.33. The van der Waals surface area contributed by atoms with Crippen LogP contribution in [0, 0.1) is 5.92 Å². The number of rotatable bonds is 5. The average Bonchev–Trinajstić information content (AvgIpc) is 2.63. The van der Waals surface area contributed by atoms with Gasteiger partial charge in [-0.15, -0.1) is 12.4 Å². The fourth-order valence-corrected chi connectivity index (χ4v) is 3.22. The van der Waals surface area contributed by atoms with Crippen LogP contribution in [0.4, 0.5) is 5.69 Å². The van der Waals surface area contributed by atoms with Gasteiger partial charge in [0.15, 0.2) is 0 Å². The fraction of sp³-hybridized carbons (Fsp3) is 0.350. The summed E-state index contributed by atoms with van der Waals surface area (Å²) in [6.45, 7) is 1.49. The monoisotopic (exact) mass is 360 g/mol. The molecule has 134 valence electrons. The van der Waals surface area contributed by atoms with Gasteiger partial charge in [0, 0.05) is 18.8 Å². The van der Waals surface area contributed by atoms with Crippen molar-refractivity contribution >= 4 is 24.0 Å². The summed E-state index contributed by atoms with van der Waals surface area (Å²) in [5.74, 6) is -0.126. The van der Waals surface area contributed by atoms with Crippen molar-refractivity contribution in [2.45, 2.75) is 25.5 Å². The molecule has 2 N–H and O–H groups in total. The Bertz CT molecular complexity index is 678. The molecule has 1 saturated heterocycles. The highest BCUT2D eigenvalue weighted by Crippen LogP contribution is 2.34. The van der Waals surface area contributed by atoms with Crippen molar-refractivity contribution < 1.29 is 9.53 Å². The van der Waals surface area contributed by atoms with Crippen molar-refractivity contribution in [3.05, 3.63) is 65.7 Å². The van der Waals surface area contributed by atoms with Crippen LogP contribution in [-0.4, -0.2) is 19.6 Å². The Kier molecular flexibility index (Phi) is 7.44. The van der Waals surface area contributed by atoms with Gasteiger partial charge < -0.3 is 15.4 Å². The Morgan fingerprint density at radius 1 is 1.16 bits per heavy atom. The summed E-state index contributed by atoms with van der Waals surface area (Å²) in [6.07, 6.45) is 1.60. The average molecular weight is 361 g/mol. The highest BCUT2D eigenvalue weighted by molar-refractivity contribution is 5.93. The second kappa shape index (κ2) is 9.56. The van der Waals surface area contributed by atoms with Gasteiger partial charge in [-0.2, -0.15) is 0 Å². The van der Waals surface area contributed by atoms with Gasteiger partial charge in [0.25, 0.3) is 0 Å². The lowest BCUT2D eigenvalue weighted by atomic mass is 9.88. The number of amides is 1. The third-order valence-electron chi connectivity index (χ3n) is 4.36. The van der Waals surface area contributed by atoms with E-state index >= 15 is 0 Å². The molecule has 0 spiro atoms. The molecular weight excluding hydrogens is 336 g/mol. The lowest BCUT2D eigenvalue weighted by Crippen LogP contribution is -2.33. The predicted molar refractivity (Wildman–Crippen MR) is 103 cm³/mol. The first kappa shape index (κ1) is 19.4. The van der Waals surface area contributed by atoms with Gasteiger partial charge in [0.05, 0.1) is 12.0 Å². The zero-order valence-electron chi connectivity index (χ0n) is 14.4. The molecule has 2 aromatic rings. The first-order chi connectivity index (χ1) is 11.8. The predicted octanol–water partition coefficient (Wildman–Crippen LogP) is 3.93. The second-order valence-corrected chi connectivity index (χ2v) is 6.17. The van der Waals surface area contributed by atoms with Gasteiger partial charge in [0.1, 0.15) is 0 Å². The number of ether oxygens (including phenoxy) is 1. The fourth-order valence-electron chi connectivity index (χ4n) is 3.22. The van der Waals surface area contributed by atoms with Crippen LogP contribution in [0.15, 0.2) is 54.6 Å². The smallest absolute Gasteiger partial charge is 0.230 e. The lowest BCUT2D eigenvalue weighted by molar-refractivity contribution is -0.129. The maximum absolute atomic E-state index is 12.8. The molecule has 0 bridgehead atoms. The van der Waals surface area contributed by atoms with E-state index < -0.39 is 0 Å². The number of benzene rings is 2. The topological polar surface area (TPSA) is 50.4 Å². The molecule has 4 nitrogen and oxygen atoms in total. The number of carbonyl (C=O) groups excluding carboxylic acids is 1. The van der Waals surface area contributed by atoms with E-state index in [9.17, 15) is 4.79 Å². The minimum atomic E-state index is -0.166. The van der Waals surface area contributed by atoms with Crippen LogP contribution < -0.4 is 10.6 Å². The van der Waals surface area contributed by atoms with Crippen LogP contribution in [0.25, 0.3) is 0 Å². The maximum atomic E-state index is 12.8. The minimum absolute atomic E-state index is 0. The van der Waals surface area contributed by atoms with E-state index in [0.29, 0.717) is 6.61 Å². The molecule has 0 radical (unpaired) electrons. The first-order valence-corrected chi connectivity index (χ1v) is 8.49. The summed E-state index contributed by atoms with van der Waals surface area (Å²) in [6, 6.07) is 18.0. The van der Waals surface area contributed by atoms with Crippen molar-refractivity contribution in [1.82, 2.24) is 5.32 Å². The molecule has 3 rings (SSSR count). The molecule has 2 aromatic carbocycles. The van der Waals surface area contributed by atoms with Crippen LogP contribution in [0.5, 0.6) is 0 Å². The number of anilines is 1. The van der Waals surface area contributed by atoms with Gasteiger partial charge >= 0.3 is 0 Å². The SMILES string of the molecule is CNCc1cccc(NC(=O)C2CCCOC2c2ccccc2)c1.Cl. The summed E-state index contributed by atoms with van der Waals surface area (Å²) in [5.41, 5.74) is 3.06. The zero-order valence-corrected chi connectivity index (χ0v) is 15.2. The summed E-state index contributed by atoms with van der Waals surface area (Å²) in [7, 11) is 1.91. The van der Waals surface area contributed by atoms with Crippen LogP contribution >= 0.6 is 12.4 Å². The van der Waals surface area contributed by atoms with E-state index in [1.807, 2.05) is 61.6 Å². The van der Waals surface area contributed by atoms with E-state index in [2.05, 4.69) is 10.6 Å². The Morgan fingerprint density at radius 2 is 1.96 bits per heavy atom. The Hall–Kier alpha value is -1.88. The molecule has 25 heavy (non-hydrogen) atoms. The molecule has 1 aliphatic heterocycles. The summed E-state index contributed by atoms with van der Waals surface area (Å²) in [4.78, 5) is 12.8. The molecule has 1 fully saturated rings. The molecule has 5 heteroatoms. The summed E-state index contributed by atoms with van der Waals surface area (Å²) >= 11 is 0. The summed E-state index contributed by atoms with van der Waals surface area (Å²) < 4.78 is 5.93. The molecule has 0 aromatic heterocycles. The quantitative estimate of drug-likeness (QED) is 0.849. The van der Waals surface area contributed by atoms with Crippen LogP contribution in [0.1, 0.15) is 30.1 Å². The molecule has 1 aliphatic rings. The van der Waals surface area contributed by atoms with Crippen molar-refractivity contribution in [2.75, 3.05) is 19.0 Å². The Balaban J connectivity index is 0.00000225. The molecule has 0 aliphatic carbocycles. The van der Waals surface area contributed by atoms with Crippen LogP contribution in [-0.2, 0) is 16.1 Å². The number of nitrogens with one attached hydrogen (secondary N) is 2. The number of carbonyl (C=O) groups is 1. The number of hydrogen-bond donors (Lipinski definition) is 2. The third kappa shape index (κ3) is 5.05. The minimum Gasteiger partial charge on any atom is -0.373 e. The second-order valence-electron chi connectivity index (χ2n) is 6.17. The van der Waals surface area contributed by atoms with E-state index in [1.165, 1.54) is 0 Å². The third-order valence-corrected chi connectivity index (χ3v) is 4.36. The van der Waals surface area contributed by atoms with Crippen molar-refractivity contribution in [3.63, 3.8) is 0 Å². The number of hydrogen-bond acceptors (Lipinski definition) is 3. The maximum Gasteiger partial charge on any atom is 0.230 e.